The molecule has 1 heterocycles. The Morgan fingerprint density at radius 3 is 2.33 bits per heavy atom. The van der Waals surface area contributed by atoms with E-state index in [4.69, 9.17) is 21.1 Å². The molecule has 0 atom stereocenters. The number of pyridine rings is 1. The number of nitrogens with zero attached hydrogens (tertiary/aromatic N) is 2. The minimum absolute atomic E-state index is 0.0654. The van der Waals surface area contributed by atoms with Crippen molar-refractivity contribution < 1.29 is 22.7 Å². The van der Waals surface area contributed by atoms with Gasteiger partial charge < -0.3 is 19.4 Å². The van der Waals surface area contributed by atoms with Gasteiger partial charge in [0, 0.05) is 37.5 Å². The number of hydrogen-bond acceptors (Lipinski definition) is 6. The average Bonchev–Trinajstić information content (AvgIpc) is 2.71. The summed E-state index contributed by atoms with van der Waals surface area (Å²) in [6, 6.07) is 5.33. The van der Waals surface area contributed by atoms with Crippen LogP contribution < -0.4 is 20.3 Å². The second-order valence-electron chi connectivity index (χ2n) is 6.16. The fourth-order valence-corrected chi connectivity index (χ4v) is 4.51. The molecule has 1 aromatic carbocycles. The quantitative estimate of drug-likeness (QED) is 0.618. The highest BCUT2D eigenvalue weighted by molar-refractivity contribution is 7.89. The lowest BCUT2D eigenvalue weighted by Crippen LogP contribution is -2.33. The highest BCUT2D eigenvalue weighted by atomic mass is 35.5. The van der Waals surface area contributed by atoms with Crippen LogP contribution in [0.1, 0.15) is 13.8 Å². The Bertz CT molecular complexity index is 1080. The van der Waals surface area contributed by atoms with Crippen LogP contribution in [-0.2, 0) is 21.4 Å². The van der Waals surface area contributed by atoms with Gasteiger partial charge in [-0.15, -0.1) is 0 Å². The first-order valence-corrected chi connectivity index (χ1v) is 10.9. The minimum atomic E-state index is -3.77. The molecule has 1 amide bonds. The number of ether oxygens (including phenoxy) is 2. The summed E-state index contributed by atoms with van der Waals surface area (Å²) in [7, 11) is -0.921. The van der Waals surface area contributed by atoms with Crippen molar-refractivity contribution in [1.29, 1.82) is 0 Å². The summed E-state index contributed by atoms with van der Waals surface area (Å²) in [6.07, 6.45) is 1.16. The summed E-state index contributed by atoms with van der Waals surface area (Å²) in [5.41, 5.74) is -0.215. The summed E-state index contributed by atoms with van der Waals surface area (Å²) < 4.78 is 38.0. The van der Waals surface area contributed by atoms with E-state index in [1.807, 2.05) is 0 Å². The fraction of sp³-hybridized carbons (Fsp3) is 0.368. The van der Waals surface area contributed by atoms with Crippen LogP contribution in [0.4, 0.5) is 5.69 Å². The number of carbonyl (C=O) groups is 1. The van der Waals surface area contributed by atoms with Gasteiger partial charge in [-0.1, -0.05) is 25.4 Å². The third kappa shape index (κ3) is 5.13. The Balaban J connectivity index is 2.31. The summed E-state index contributed by atoms with van der Waals surface area (Å²) >= 11 is 6.05. The van der Waals surface area contributed by atoms with E-state index in [9.17, 15) is 18.0 Å². The third-order valence-electron chi connectivity index (χ3n) is 4.36. The predicted octanol–water partition coefficient (Wildman–Crippen LogP) is 2.19. The monoisotopic (exact) mass is 457 g/mol. The van der Waals surface area contributed by atoms with Gasteiger partial charge in [-0.3, -0.25) is 9.59 Å². The Morgan fingerprint density at radius 2 is 1.77 bits per heavy atom. The fourth-order valence-electron chi connectivity index (χ4n) is 2.80. The third-order valence-corrected chi connectivity index (χ3v) is 6.69. The largest absolute Gasteiger partial charge is 0.495 e. The molecule has 11 heteroatoms. The Morgan fingerprint density at radius 1 is 1.13 bits per heavy atom. The van der Waals surface area contributed by atoms with Crippen molar-refractivity contribution in [2.75, 3.05) is 32.6 Å². The molecule has 0 fully saturated rings. The number of hydrogen-bond donors (Lipinski definition) is 1. The topological polar surface area (TPSA) is 107 Å². The molecule has 1 aromatic heterocycles. The number of methoxy groups -OCH3 is 2. The summed E-state index contributed by atoms with van der Waals surface area (Å²) in [5, 5.41) is 2.92. The zero-order valence-electron chi connectivity index (χ0n) is 17.1. The van der Waals surface area contributed by atoms with E-state index in [2.05, 4.69) is 5.32 Å². The highest BCUT2D eigenvalue weighted by Crippen LogP contribution is 2.35. The van der Waals surface area contributed by atoms with Gasteiger partial charge >= 0.3 is 0 Å². The van der Waals surface area contributed by atoms with E-state index >= 15 is 0 Å². The van der Waals surface area contributed by atoms with Crippen molar-refractivity contribution in [3.63, 3.8) is 0 Å². The normalized spacial score (nSPS) is 11.4. The molecular weight excluding hydrogens is 434 g/mol. The van der Waals surface area contributed by atoms with Crippen molar-refractivity contribution in [3.05, 3.63) is 45.8 Å². The number of carbonyl (C=O) groups excluding carboxylic acids is 1. The van der Waals surface area contributed by atoms with Crippen LogP contribution in [0.3, 0.4) is 0 Å². The molecule has 30 heavy (non-hydrogen) atoms. The average molecular weight is 458 g/mol. The lowest BCUT2D eigenvalue weighted by molar-refractivity contribution is -0.116. The first-order chi connectivity index (χ1) is 14.2. The summed E-state index contributed by atoms with van der Waals surface area (Å²) in [4.78, 5) is 24.6. The Kier molecular flexibility index (Phi) is 7.88. The highest BCUT2D eigenvalue weighted by Gasteiger charge is 2.23. The zero-order chi connectivity index (χ0) is 22.5. The van der Waals surface area contributed by atoms with E-state index < -0.39 is 28.0 Å². The van der Waals surface area contributed by atoms with E-state index in [0.717, 1.165) is 16.8 Å². The molecule has 0 bridgehead atoms. The van der Waals surface area contributed by atoms with Gasteiger partial charge in [0.25, 0.3) is 5.56 Å². The number of halogens is 1. The maximum Gasteiger partial charge on any atom is 0.251 e. The molecule has 0 spiro atoms. The standard InChI is InChI=1S/C19H24ClN3O6S/c1-5-23(6-2)30(26,27)13-7-8-19(25)22(11-13)12-18(24)21-15-10-16(28-3)14(20)9-17(15)29-4/h7-11H,5-6,12H2,1-4H3,(H,21,24). The van der Waals surface area contributed by atoms with Crippen molar-refractivity contribution in [3.8, 4) is 11.5 Å². The SMILES string of the molecule is CCN(CC)S(=O)(=O)c1ccc(=O)n(CC(=O)Nc2cc(OC)c(Cl)cc2OC)c1. The van der Waals surface area contributed by atoms with Gasteiger partial charge in [0.2, 0.25) is 15.9 Å². The van der Waals surface area contributed by atoms with Gasteiger partial charge in [-0.05, 0) is 6.07 Å². The van der Waals surface area contributed by atoms with E-state index in [-0.39, 0.29) is 18.0 Å². The molecule has 0 saturated heterocycles. The number of nitrogens with one attached hydrogen (secondary N) is 1. The molecule has 0 aliphatic rings. The lowest BCUT2D eigenvalue weighted by atomic mass is 10.2. The van der Waals surface area contributed by atoms with E-state index in [1.165, 1.54) is 36.7 Å². The molecule has 0 aliphatic heterocycles. The molecule has 0 radical (unpaired) electrons. The Hall–Kier alpha value is -2.56. The van der Waals surface area contributed by atoms with Crippen molar-refractivity contribution in [2.45, 2.75) is 25.3 Å². The number of benzene rings is 1. The van der Waals surface area contributed by atoms with Crippen LogP contribution in [0, 0.1) is 0 Å². The van der Waals surface area contributed by atoms with Crippen molar-refractivity contribution in [1.82, 2.24) is 8.87 Å². The number of amides is 1. The minimum Gasteiger partial charge on any atom is -0.495 e. The smallest absolute Gasteiger partial charge is 0.251 e. The predicted molar refractivity (Wildman–Crippen MR) is 114 cm³/mol. The van der Waals surface area contributed by atoms with Crippen LogP contribution >= 0.6 is 11.6 Å². The molecule has 2 aromatic rings. The summed E-state index contributed by atoms with van der Waals surface area (Å²) in [6.45, 7) is 3.62. The van der Waals surface area contributed by atoms with Gasteiger partial charge in [-0.25, -0.2) is 8.42 Å². The van der Waals surface area contributed by atoms with Crippen LogP contribution in [0.5, 0.6) is 11.5 Å². The molecule has 2 rings (SSSR count). The van der Waals surface area contributed by atoms with Gasteiger partial charge in [0.1, 0.15) is 18.0 Å². The van der Waals surface area contributed by atoms with E-state index in [0.29, 0.717) is 22.2 Å². The number of anilines is 1. The summed E-state index contributed by atoms with van der Waals surface area (Å²) in [5.74, 6) is 0.0776. The first kappa shape index (κ1) is 23.7. The van der Waals surface area contributed by atoms with Crippen LogP contribution in [0.15, 0.2) is 40.2 Å². The molecule has 0 unspecified atom stereocenters. The maximum atomic E-state index is 12.7. The zero-order valence-corrected chi connectivity index (χ0v) is 18.7. The molecule has 164 valence electrons. The van der Waals surface area contributed by atoms with Crippen LogP contribution in [0.25, 0.3) is 0 Å². The van der Waals surface area contributed by atoms with Gasteiger partial charge in [-0.2, -0.15) is 4.31 Å². The molecule has 1 N–H and O–H groups in total. The molecule has 0 saturated carbocycles. The second-order valence-corrected chi connectivity index (χ2v) is 8.50. The Labute approximate surface area is 180 Å². The molecular formula is C19H24ClN3O6S. The van der Waals surface area contributed by atoms with Crippen LogP contribution in [0.2, 0.25) is 5.02 Å². The molecule has 0 aliphatic carbocycles. The number of rotatable bonds is 9. The molecule has 9 nitrogen and oxygen atoms in total. The number of aromatic nitrogens is 1. The first-order valence-electron chi connectivity index (χ1n) is 9.09. The lowest BCUT2D eigenvalue weighted by Gasteiger charge is -2.19. The van der Waals surface area contributed by atoms with Crippen molar-refractivity contribution >= 4 is 33.2 Å². The van der Waals surface area contributed by atoms with Gasteiger partial charge in [0.05, 0.1) is 29.8 Å². The number of sulfonamides is 1. The van der Waals surface area contributed by atoms with Gasteiger partial charge in [0.15, 0.2) is 0 Å². The second kappa shape index (κ2) is 9.96. The maximum absolute atomic E-state index is 12.7. The van der Waals surface area contributed by atoms with Crippen molar-refractivity contribution in [2.24, 2.45) is 0 Å². The van der Waals surface area contributed by atoms with E-state index in [1.54, 1.807) is 13.8 Å². The van der Waals surface area contributed by atoms with Crippen LogP contribution in [-0.4, -0.2) is 50.5 Å².